The summed E-state index contributed by atoms with van der Waals surface area (Å²) in [5.74, 6) is -3.82. The van der Waals surface area contributed by atoms with Crippen LogP contribution in [0.2, 0.25) is 0 Å². The smallest absolute Gasteiger partial charge is 0.241 e. The van der Waals surface area contributed by atoms with Crippen LogP contribution in [0.3, 0.4) is 0 Å². The molecule has 0 aromatic heterocycles. The summed E-state index contributed by atoms with van der Waals surface area (Å²) in [7, 11) is 0. The first kappa shape index (κ1) is 7.82. The third kappa shape index (κ3) is 1.11. The van der Waals surface area contributed by atoms with Crippen LogP contribution in [0.25, 0.3) is 0 Å². The zero-order valence-electron chi connectivity index (χ0n) is 5.21. The molecule has 1 saturated carbocycles. The highest BCUT2D eigenvalue weighted by atomic mass is 19.3. The van der Waals surface area contributed by atoms with Crippen molar-refractivity contribution < 1.29 is 17.6 Å². The van der Waals surface area contributed by atoms with Gasteiger partial charge in [-0.25, -0.2) is 8.78 Å². The Kier molecular flexibility index (Phi) is 1.88. The monoisotopic (exact) mass is 155 g/mol. The van der Waals surface area contributed by atoms with E-state index in [1.165, 1.54) is 0 Å². The second-order valence-electron chi connectivity index (χ2n) is 2.39. The van der Waals surface area contributed by atoms with E-state index in [9.17, 15) is 17.6 Å². The molecule has 1 unspecified atom stereocenters. The van der Waals surface area contributed by atoms with Gasteiger partial charge in [-0.05, 0) is 19.3 Å². The quantitative estimate of drug-likeness (QED) is 0.472. The maximum absolute atomic E-state index is 12.2. The molecule has 1 rings (SSSR count). The molecule has 59 valence electrons. The minimum absolute atomic E-state index is 0.183. The lowest BCUT2D eigenvalue weighted by molar-refractivity contribution is -0.103. The van der Waals surface area contributed by atoms with Gasteiger partial charge in [0.2, 0.25) is 6.17 Å². The van der Waals surface area contributed by atoms with E-state index in [-0.39, 0.29) is 19.3 Å². The molecule has 4 heteroatoms. The van der Waals surface area contributed by atoms with Crippen molar-refractivity contribution >= 4 is 0 Å². The highest BCUT2D eigenvalue weighted by Gasteiger charge is 2.51. The number of rotatable bonds is 0. The van der Waals surface area contributed by atoms with Crippen molar-refractivity contribution in [2.24, 2.45) is 0 Å². The van der Waals surface area contributed by atoms with Crippen molar-refractivity contribution in [3.63, 3.8) is 0 Å². The maximum atomic E-state index is 12.2. The largest absolute Gasteiger partial charge is 0.315 e. The first-order chi connectivity index (χ1) is 4.55. The van der Waals surface area contributed by atoms with Crippen LogP contribution >= 0.6 is 0 Å². The summed E-state index contributed by atoms with van der Waals surface area (Å²) in [5, 5.41) is 0. The molecule has 0 bridgehead atoms. The molecule has 0 saturated heterocycles. The Bertz CT molecular complexity index is 111. The topological polar surface area (TPSA) is 0 Å². The molecule has 0 N–H and O–H groups in total. The number of hydrogen-bond acceptors (Lipinski definition) is 0. The average molecular weight is 155 g/mol. The predicted molar refractivity (Wildman–Crippen MR) is 28.0 cm³/mol. The minimum Gasteiger partial charge on any atom is -0.241 e. The third-order valence-electron chi connectivity index (χ3n) is 1.61. The van der Waals surface area contributed by atoms with E-state index in [2.05, 4.69) is 0 Å². The summed E-state index contributed by atoms with van der Waals surface area (Å²) in [4.78, 5) is 0. The van der Waals surface area contributed by atoms with E-state index in [0.717, 1.165) is 0 Å². The zero-order valence-corrected chi connectivity index (χ0v) is 5.21. The molecule has 1 aliphatic rings. The predicted octanol–water partition coefficient (Wildman–Crippen LogP) is 2.65. The van der Waals surface area contributed by atoms with Gasteiger partial charge >= 0.3 is 5.92 Å². The third-order valence-corrected chi connectivity index (χ3v) is 1.61. The minimum atomic E-state index is -3.82. The lowest BCUT2D eigenvalue weighted by Crippen LogP contribution is -2.38. The van der Waals surface area contributed by atoms with Crippen molar-refractivity contribution in [2.75, 3.05) is 0 Å². The summed E-state index contributed by atoms with van der Waals surface area (Å²) in [6.07, 6.45) is -4.18. The van der Waals surface area contributed by atoms with Gasteiger partial charge in [-0.3, -0.25) is 0 Å². The second kappa shape index (κ2) is 2.40. The van der Waals surface area contributed by atoms with E-state index in [1.807, 2.05) is 0 Å². The average Bonchev–Trinajstić information content (AvgIpc) is 1.84. The number of alkyl halides is 3. The highest BCUT2D eigenvalue weighted by molar-refractivity contribution is 5.01. The molecule has 1 radical (unpaired) electrons. The van der Waals surface area contributed by atoms with Gasteiger partial charge in [0.15, 0.2) is 6.17 Å². The Balaban J connectivity index is 2.63. The maximum Gasteiger partial charge on any atom is 0.315 e. The molecule has 10 heavy (non-hydrogen) atoms. The van der Waals surface area contributed by atoms with Gasteiger partial charge in [0, 0.05) is 0 Å². The molecule has 1 atom stereocenters. The summed E-state index contributed by atoms with van der Waals surface area (Å²) < 4.78 is 48.7. The Morgan fingerprint density at radius 2 is 2.00 bits per heavy atom. The van der Waals surface area contributed by atoms with Crippen LogP contribution in [0.1, 0.15) is 19.3 Å². The van der Waals surface area contributed by atoms with Crippen LogP contribution in [-0.4, -0.2) is 12.1 Å². The van der Waals surface area contributed by atoms with Crippen molar-refractivity contribution in [1.82, 2.24) is 0 Å². The van der Waals surface area contributed by atoms with Gasteiger partial charge in [-0.15, -0.1) is 0 Å². The fourth-order valence-corrected chi connectivity index (χ4v) is 0.954. The van der Waals surface area contributed by atoms with Crippen LogP contribution in [0, 0.1) is 6.17 Å². The molecular weight excluding hydrogens is 148 g/mol. The number of hydrogen-bond donors (Lipinski definition) is 0. The van der Waals surface area contributed by atoms with E-state index in [1.54, 1.807) is 0 Å². The van der Waals surface area contributed by atoms with Gasteiger partial charge < -0.3 is 0 Å². The lowest BCUT2D eigenvalue weighted by atomic mass is 9.93. The highest BCUT2D eigenvalue weighted by Crippen LogP contribution is 2.42. The summed E-state index contributed by atoms with van der Waals surface area (Å²) in [5.41, 5.74) is 0. The molecule has 0 heterocycles. The fraction of sp³-hybridized carbons (Fsp3) is 0.833. The van der Waals surface area contributed by atoms with Crippen LogP contribution < -0.4 is 0 Å². The van der Waals surface area contributed by atoms with Gasteiger partial charge in [-0.2, -0.15) is 8.78 Å². The van der Waals surface area contributed by atoms with Crippen LogP contribution in [0.4, 0.5) is 17.6 Å². The van der Waals surface area contributed by atoms with Gasteiger partial charge in [0.25, 0.3) is 0 Å². The Morgan fingerprint density at radius 3 is 2.40 bits per heavy atom. The van der Waals surface area contributed by atoms with Crippen molar-refractivity contribution in [2.45, 2.75) is 31.4 Å². The molecule has 0 amide bonds. The Morgan fingerprint density at radius 1 is 1.40 bits per heavy atom. The van der Waals surface area contributed by atoms with Crippen LogP contribution in [0.5, 0.6) is 0 Å². The Labute approximate surface area is 56.2 Å². The standard InChI is InChI=1S/C6H7F4/c7-4-2-1-3-5(8)6(4,9)10/h4H,1-3H2. The molecule has 1 fully saturated rings. The normalized spacial score (nSPS) is 34.2. The molecule has 0 aromatic rings. The van der Waals surface area contributed by atoms with Crippen LogP contribution in [0.15, 0.2) is 0 Å². The number of halogens is 4. The molecule has 0 nitrogen and oxygen atoms in total. The molecule has 1 aliphatic carbocycles. The summed E-state index contributed by atoms with van der Waals surface area (Å²) in [6, 6.07) is 0. The first-order valence-corrected chi connectivity index (χ1v) is 3.09. The molecule has 0 spiro atoms. The Hall–Kier alpha value is -0.280. The van der Waals surface area contributed by atoms with Crippen molar-refractivity contribution in [3.8, 4) is 0 Å². The summed E-state index contributed by atoms with van der Waals surface area (Å²) in [6.45, 7) is 0. The zero-order chi connectivity index (χ0) is 7.78. The van der Waals surface area contributed by atoms with Gasteiger partial charge in [0.05, 0.1) is 0 Å². The second-order valence-corrected chi connectivity index (χ2v) is 2.39. The molecule has 0 aromatic carbocycles. The summed E-state index contributed by atoms with van der Waals surface area (Å²) >= 11 is 0. The lowest BCUT2D eigenvalue weighted by Gasteiger charge is -2.27. The van der Waals surface area contributed by atoms with Crippen molar-refractivity contribution in [1.29, 1.82) is 0 Å². The van der Waals surface area contributed by atoms with E-state index in [4.69, 9.17) is 0 Å². The van der Waals surface area contributed by atoms with E-state index >= 15 is 0 Å². The molecular formula is C6H7F4. The van der Waals surface area contributed by atoms with Crippen LogP contribution in [-0.2, 0) is 0 Å². The van der Waals surface area contributed by atoms with E-state index in [0.29, 0.717) is 0 Å². The van der Waals surface area contributed by atoms with E-state index < -0.39 is 18.3 Å². The van der Waals surface area contributed by atoms with Crippen molar-refractivity contribution in [3.05, 3.63) is 6.17 Å². The first-order valence-electron chi connectivity index (χ1n) is 3.09. The SMILES string of the molecule is F[C]1CCCC(F)C1(F)F. The fourth-order valence-electron chi connectivity index (χ4n) is 0.954. The molecule has 0 aliphatic heterocycles. The van der Waals surface area contributed by atoms with Gasteiger partial charge in [0.1, 0.15) is 0 Å². The van der Waals surface area contributed by atoms with Gasteiger partial charge in [-0.1, -0.05) is 0 Å².